The highest BCUT2D eigenvalue weighted by molar-refractivity contribution is 6.00. The molecule has 2 saturated heterocycles. The predicted molar refractivity (Wildman–Crippen MR) is 78.0 cm³/mol. The highest BCUT2D eigenvalue weighted by Crippen LogP contribution is 2.22. The fraction of sp³-hybridized carbons (Fsp3) is 0.562. The van der Waals surface area contributed by atoms with Crippen LogP contribution in [0.5, 0.6) is 5.75 Å². The van der Waals surface area contributed by atoms with Gasteiger partial charge in [0.25, 0.3) is 0 Å². The zero-order valence-corrected chi connectivity index (χ0v) is 12.1. The van der Waals surface area contributed by atoms with Crippen LogP contribution >= 0.6 is 0 Å². The Kier molecular flexibility index (Phi) is 4.22. The number of benzene rings is 1. The van der Waals surface area contributed by atoms with E-state index in [1.54, 1.807) is 0 Å². The second-order valence-corrected chi connectivity index (χ2v) is 6.01. The van der Waals surface area contributed by atoms with E-state index in [0.29, 0.717) is 6.04 Å². The topological polar surface area (TPSA) is 43.8 Å². The molecule has 1 aromatic rings. The van der Waals surface area contributed by atoms with Crippen LogP contribution in [0.1, 0.15) is 29.6 Å². The number of hydrogen-bond acceptors (Lipinski definition) is 4. The van der Waals surface area contributed by atoms with Crippen LogP contribution in [0.2, 0.25) is 0 Å². The van der Waals surface area contributed by atoms with Crippen LogP contribution in [0, 0.1) is 5.82 Å². The highest BCUT2D eigenvalue weighted by atomic mass is 19.1. The second-order valence-electron chi connectivity index (χ2n) is 6.01. The van der Waals surface area contributed by atoms with Crippen molar-refractivity contribution >= 4 is 5.78 Å². The molecule has 2 aliphatic rings. The average Bonchev–Trinajstić information content (AvgIpc) is 3.11. The molecule has 0 spiro atoms. The number of hydrogen-bond donors (Lipinski definition) is 1. The zero-order chi connectivity index (χ0) is 14.8. The minimum atomic E-state index is -0.493. The summed E-state index contributed by atoms with van der Waals surface area (Å²) < 4.78 is 13.2. The Hall–Kier alpha value is -1.46. The van der Waals surface area contributed by atoms with E-state index >= 15 is 0 Å². The summed E-state index contributed by atoms with van der Waals surface area (Å²) in [6.45, 7) is 4.36. The standard InChI is InChI=1S/C16H21FN2O2/c17-12-3-4-15(20)14(9-12)16(21)11-18-8-5-13(10-18)19-6-1-2-7-19/h3-4,9,13,20H,1-2,5-8,10-11H2. The number of carbonyl (C=O) groups is 1. The van der Waals surface area contributed by atoms with Gasteiger partial charge in [-0.2, -0.15) is 0 Å². The van der Waals surface area contributed by atoms with Crippen LogP contribution < -0.4 is 0 Å². The van der Waals surface area contributed by atoms with Crippen molar-refractivity contribution in [2.24, 2.45) is 0 Å². The first-order chi connectivity index (χ1) is 10.1. The summed E-state index contributed by atoms with van der Waals surface area (Å²) in [5.41, 5.74) is 0.0830. The number of carbonyl (C=O) groups excluding carboxylic acids is 1. The van der Waals surface area contributed by atoms with E-state index in [-0.39, 0.29) is 23.6 Å². The van der Waals surface area contributed by atoms with Crippen LogP contribution in [0.3, 0.4) is 0 Å². The van der Waals surface area contributed by atoms with Gasteiger partial charge in [0.15, 0.2) is 5.78 Å². The third kappa shape index (κ3) is 3.24. The summed E-state index contributed by atoms with van der Waals surface area (Å²) in [4.78, 5) is 16.8. The molecule has 0 amide bonds. The maximum Gasteiger partial charge on any atom is 0.180 e. The van der Waals surface area contributed by atoms with Crippen LogP contribution in [0.25, 0.3) is 0 Å². The lowest BCUT2D eigenvalue weighted by Gasteiger charge is -2.23. The molecule has 21 heavy (non-hydrogen) atoms. The molecule has 1 unspecified atom stereocenters. The van der Waals surface area contributed by atoms with Crippen molar-refractivity contribution in [3.8, 4) is 5.75 Å². The Labute approximate surface area is 124 Å². The fourth-order valence-corrected chi connectivity index (χ4v) is 3.38. The van der Waals surface area contributed by atoms with E-state index in [4.69, 9.17) is 0 Å². The first-order valence-corrected chi connectivity index (χ1v) is 7.61. The molecule has 2 heterocycles. The molecule has 4 nitrogen and oxygen atoms in total. The predicted octanol–water partition coefficient (Wildman–Crippen LogP) is 1.88. The van der Waals surface area contributed by atoms with E-state index < -0.39 is 5.82 Å². The maximum atomic E-state index is 13.2. The summed E-state index contributed by atoms with van der Waals surface area (Å²) in [7, 11) is 0. The maximum absolute atomic E-state index is 13.2. The van der Waals surface area contributed by atoms with Crippen molar-refractivity contribution in [2.75, 3.05) is 32.7 Å². The largest absolute Gasteiger partial charge is 0.507 e. The molecule has 5 heteroatoms. The molecule has 0 aromatic heterocycles. The number of nitrogens with zero attached hydrogens (tertiary/aromatic N) is 2. The van der Waals surface area contributed by atoms with Gasteiger partial charge in [-0.1, -0.05) is 0 Å². The lowest BCUT2D eigenvalue weighted by atomic mass is 10.1. The molecule has 114 valence electrons. The van der Waals surface area contributed by atoms with Crippen molar-refractivity contribution in [3.63, 3.8) is 0 Å². The number of ketones is 1. The summed E-state index contributed by atoms with van der Waals surface area (Å²) in [6, 6.07) is 4.05. The summed E-state index contributed by atoms with van der Waals surface area (Å²) in [6.07, 6.45) is 3.63. The normalized spacial score (nSPS) is 23.8. The monoisotopic (exact) mass is 292 g/mol. The third-order valence-corrected chi connectivity index (χ3v) is 4.53. The first kappa shape index (κ1) is 14.5. The van der Waals surface area contributed by atoms with Crippen molar-refractivity contribution in [1.29, 1.82) is 0 Å². The summed E-state index contributed by atoms with van der Waals surface area (Å²) in [5.74, 6) is -0.849. The number of phenolic OH excluding ortho intramolecular Hbond substituents is 1. The minimum absolute atomic E-state index is 0.0830. The van der Waals surface area contributed by atoms with Crippen molar-refractivity contribution in [1.82, 2.24) is 9.80 Å². The Bertz CT molecular complexity index is 529. The van der Waals surface area contributed by atoms with E-state index in [2.05, 4.69) is 9.80 Å². The van der Waals surface area contributed by atoms with Gasteiger partial charge < -0.3 is 5.11 Å². The van der Waals surface area contributed by atoms with Crippen LogP contribution in [-0.4, -0.2) is 59.5 Å². The number of rotatable bonds is 4. The van der Waals surface area contributed by atoms with Crippen LogP contribution in [0.4, 0.5) is 4.39 Å². The molecule has 0 radical (unpaired) electrons. The number of likely N-dealkylation sites (tertiary alicyclic amines) is 2. The van der Waals surface area contributed by atoms with Gasteiger partial charge in [0.2, 0.25) is 0 Å². The van der Waals surface area contributed by atoms with Gasteiger partial charge in [-0.25, -0.2) is 4.39 Å². The molecule has 0 aliphatic carbocycles. The number of Topliss-reactive ketones (excluding diaryl/α,β-unsaturated/α-hetero) is 1. The van der Waals surface area contributed by atoms with E-state index in [1.807, 2.05) is 0 Å². The fourth-order valence-electron chi connectivity index (χ4n) is 3.38. The smallest absolute Gasteiger partial charge is 0.180 e. The first-order valence-electron chi connectivity index (χ1n) is 7.61. The van der Waals surface area contributed by atoms with Gasteiger partial charge in [-0.05, 0) is 50.6 Å². The molecule has 2 aliphatic heterocycles. The van der Waals surface area contributed by atoms with Crippen molar-refractivity contribution < 1.29 is 14.3 Å². The Morgan fingerprint density at radius 3 is 2.81 bits per heavy atom. The lowest BCUT2D eigenvalue weighted by molar-refractivity contribution is 0.0937. The number of phenols is 1. The molecular formula is C16H21FN2O2. The number of halogens is 1. The van der Waals surface area contributed by atoms with Gasteiger partial charge in [0, 0.05) is 19.1 Å². The van der Waals surface area contributed by atoms with Crippen molar-refractivity contribution in [3.05, 3.63) is 29.6 Å². The molecule has 2 fully saturated rings. The van der Waals surface area contributed by atoms with Gasteiger partial charge in [-0.15, -0.1) is 0 Å². The highest BCUT2D eigenvalue weighted by Gasteiger charge is 2.30. The molecule has 1 aromatic carbocycles. The average molecular weight is 292 g/mol. The van der Waals surface area contributed by atoms with Crippen LogP contribution in [0.15, 0.2) is 18.2 Å². The summed E-state index contributed by atoms with van der Waals surface area (Å²) >= 11 is 0. The Balaban J connectivity index is 1.59. The Morgan fingerprint density at radius 2 is 2.05 bits per heavy atom. The van der Waals surface area contributed by atoms with Gasteiger partial charge in [0.05, 0.1) is 12.1 Å². The summed E-state index contributed by atoms with van der Waals surface area (Å²) in [5, 5.41) is 9.69. The van der Waals surface area contributed by atoms with Gasteiger partial charge in [-0.3, -0.25) is 14.6 Å². The Morgan fingerprint density at radius 1 is 1.29 bits per heavy atom. The molecule has 1 N–H and O–H groups in total. The molecular weight excluding hydrogens is 271 g/mol. The second kappa shape index (κ2) is 6.12. The molecule has 0 saturated carbocycles. The minimum Gasteiger partial charge on any atom is -0.507 e. The number of aromatic hydroxyl groups is 1. The zero-order valence-electron chi connectivity index (χ0n) is 12.1. The SMILES string of the molecule is O=C(CN1CCC(N2CCCC2)C1)c1cc(F)ccc1O. The quantitative estimate of drug-likeness (QED) is 0.861. The van der Waals surface area contributed by atoms with E-state index in [9.17, 15) is 14.3 Å². The molecule has 0 bridgehead atoms. The van der Waals surface area contributed by atoms with Crippen LogP contribution in [-0.2, 0) is 0 Å². The molecule has 1 atom stereocenters. The van der Waals surface area contributed by atoms with Gasteiger partial charge in [0.1, 0.15) is 11.6 Å². The van der Waals surface area contributed by atoms with Crippen molar-refractivity contribution in [2.45, 2.75) is 25.3 Å². The molecule has 3 rings (SSSR count). The van der Waals surface area contributed by atoms with E-state index in [0.717, 1.165) is 44.7 Å². The third-order valence-electron chi connectivity index (χ3n) is 4.53. The van der Waals surface area contributed by atoms with E-state index in [1.165, 1.54) is 18.9 Å². The lowest BCUT2D eigenvalue weighted by Crippen LogP contribution is -2.36. The van der Waals surface area contributed by atoms with Gasteiger partial charge >= 0.3 is 0 Å².